The van der Waals surface area contributed by atoms with Gasteiger partial charge in [-0.3, -0.25) is 0 Å². The molecule has 0 aliphatic heterocycles. The molecule has 0 amide bonds. The molecule has 0 unspecified atom stereocenters. The Bertz CT molecular complexity index is 59.1. The molecule has 7 heavy (non-hydrogen) atoms. The Labute approximate surface area is 69.5 Å². The summed E-state index contributed by atoms with van der Waals surface area (Å²) in [7, 11) is 0. The van der Waals surface area contributed by atoms with Crippen LogP contribution >= 0.6 is 0 Å². The van der Waals surface area contributed by atoms with Crippen molar-refractivity contribution in [2.75, 3.05) is 6.54 Å². The van der Waals surface area contributed by atoms with Gasteiger partial charge in [-0.15, -0.1) is 0 Å². The minimum atomic E-state index is 0. The van der Waals surface area contributed by atoms with E-state index in [0.717, 1.165) is 0 Å². The third-order valence-corrected chi connectivity index (χ3v) is 0.332. The van der Waals surface area contributed by atoms with Crippen LogP contribution in [0, 0.1) is 12.7 Å². The second kappa shape index (κ2) is 9.74. The summed E-state index contributed by atoms with van der Waals surface area (Å²) in [6, 6.07) is 0. The summed E-state index contributed by atoms with van der Waals surface area (Å²) >= 11 is 0. The summed E-state index contributed by atoms with van der Waals surface area (Å²) in [5.41, 5.74) is 5.00. The molecule has 0 bridgehead atoms. The van der Waals surface area contributed by atoms with Gasteiger partial charge in [-0.2, -0.15) is 0 Å². The molecule has 2 heteroatoms. The molecule has 0 atom stereocenters. The maximum absolute atomic E-state index is 5.00. The standard InChI is InChI=1S/C5H7N.Y/c1-2-3-4-5-6;/h1-3H,5-6H2;/q-2;. The predicted octanol–water partition coefficient (Wildman–Crippen LogP) is 0.291. The molecule has 0 saturated heterocycles. The van der Waals surface area contributed by atoms with Gasteiger partial charge >= 0.3 is 0 Å². The summed E-state index contributed by atoms with van der Waals surface area (Å²) in [5, 5.41) is 0. The fourth-order valence-corrected chi connectivity index (χ4v) is 0.136. The zero-order chi connectivity index (χ0) is 4.83. The topological polar surface area (TPSA) is 26.0 Å². The molecular formula is C5H7NY-2. The van der Waals surface area contributed by atoms with Crippen molar-refractivity contribution >= 4 is 0 Å². The van der Waals surface area contributed by atoms with Gasteiger partial charge in [-0.1, -0.05) is 6.54 Å². The van der Waals surface area contributed by atoms with Gasteiger partial charge in [0.25, 0.3) is 0 Å². The van der Waals surface area contributed by atoms with Crippen molar-refractivity contribution in [1.29, 1.82) is 0 Å². The van der Waals surface area contributed by atoms with Crippen molar-refractivity contribution in [3.63, 3.8) is 0 Å². The molecule has 1 radical (unpaired) electrons. The van der Waals surface area contributed by atoms with Crippen molar-refractivity contribution in [2.45, 2.75) is 0 Å². The van der Waals surface area contributed by atoms with Gasteiger partial charge in [0.1, 0.15) is 0 Å². The average molecular weight is 170 g/mol. The van der Waals surface area contributed by atoms with E-state index >= 15 is 0 Å². The Balaban J connectivity index is 0. The molecule has 0 aliphatic carbocycles. The van der Waals surface area contributed by atoms with Crippen molar-refractivity contribution in [3.05, 3.63) is 24.8 Å². The first-order valence-corrected chi connectivity index (χ1v) is 1.72. The van der Waals surface area contributed by atoms with Crippen LogP contribution in [0.5, 0.6) is 0 Å². The number of hydrogen-bond acceptors (Lipinski definition) is 1. The Hall–Kier alpha value is 0.544. The molecule has 0 aromatic rings. The zero-order valence-electron chi connectivity index (χ0n) is 4.09. The molecule has 0 rings (SSSR count). The molecule has 2 N–H and O–H groups in total. The second-order valence-electron chi connectivity index (χ2n) is 0.767. The molecule has 0 aromatic carbocycles. The van der Waals surface area contributed by atoms with Crippen molar-refractivity contribution in [3.8, 4) is 0 Å². The predicted molar refractivity (Wildman–Crippen MR) is 25.7 cm³/mol. The van der Waals surface area contributed by atoms with Crippen molar-refractivity contribution < 1.29 is 32.7 Å². The summed E-state index contributed by atoms with van der Waals surface area (Å²) in [6.45, 7) is 5.35. The third-order valence-electron chi connectivity index (χ3n) is 0.332. The Morgan fingerprint density at radius 3 is 2.43 bits per heavy atom. The summed E-state index contributed by atoms with van der Waals surface area (Å²) in [6.07, 6.45) is 5.65. The van der Waals surface area contributed by atoms with E-state index < -0.39 is 0 Å². The Morgan fingerprint density at radius 1 is 1.71 bits per heavy atom. The minimum absolute atomic E-state index is 0. The van der Waals surface area contributed by atoms with Gasteiger partial charge < -0.3 is 30.5 Å². The monoisotopic (exact) mass is 170 g/mol. The largest absolute Gasteiger partial charge is 0.394 e. The maximum atomic E-state index is 5.00. The smallest absolute Gasteiger partial charge is 0 e. The van der Waals surface area contributed by atoms with Crippen LogP contribution in [0.3, 0.4) is 0 Å². The number of nitrogens with two attached hydrogens (primary N) is 1. The molecule has 1 nitrogen and oxygen atoms in total. The summed E-state index contributed by atoms with van der Waals surface area (Å²) in [5.74, 6) is 0. The molecule has 0 aromatic heterocycles. The van der Waals surface area contributed by atoms with Crippen LogP contribution < -0.4 is 5.73 Å². The molecule has 0 heterocycles. The van der Waals surface area contributed by atoms with Gasteiger partial charge in [0.05, 0.1) is 0 Å². The summed E-state index contributed by atoms with van der Waals surface area (Å²) in [4.78, 5) is 0. The van der Waals surface area contributed by atoms with Crippen molar-refractivity contribution in [1.82, 2.24) is 0 Å². The molecule has 0 saturated carbocycles. The molecule has 0 aliphatic rings. The van der Waals surface area contributed by atoms with E-state index in [0.29, 0.717) is 6.54 Å². The Morgan fingerprint density at radius 2 is 2.29 bits per heavy atom. The maximum Gasteiger partial charge on any atom is 0 e. The molecule has 37 valence electrons. The van der Waals surface area contributed by atoms with E-state index in [9.17, 15) is 0 Å². The van der Waals surface area contributed by atoms with Crippen LogP contribution in [-0.4, -0.2) is 6.54 Å². The number of hydrogen-bond donors (Lipinski definition) is 1. The van der Waals surface area contributed by atoms with Gasteiger partial charge in [-0.25, -0.2) is 0 Å². The SMILES string of the molecule is [CH-]=CC=[C-]CN.[Y]. The van der Waals surface area contributed by atoms with Gasteiger partial charge in [0.15, 0.2) is 0 Å². The van der Waals surface area contributed by atoms with Crippen LogP contribution in [0.1, 0.15) is 0 Å². The molecular weight excluding hydrogens is 163 g/mol. The van der Waals surface area contributed by atoms with E-state index in [1.54, 1.807) is 6.08 Å². The van der Waals surface area contributed by atoms with Crippen LogP contribution in [-0.2, 0) is 32.7 Å². The normalized spacial score (nSPS) is 8.14. The van der Waals surface area contributed by atoms with Crippen LogP contribution in [0.4, 0.5) is 0 Å². The quantitative estimate of drug-likeness (QED) is 0.467. The summed E-state index contributed by atoms with van der Waals surface area (Å²) < 4.78 is 0. The van der Waals surface area contributed by atoms with E-state index in [4.69, 9.17) is 12.3 Å². The second-order valence-corrected chi connectivity index (χ2v) is 0.767. The van der Waals surface area contributed by atoms with Gasteiger partial charge in [0.2, 0.25) is 0 Å². The van der Waals surface area contributed by atoms with E-state index in [2.05, 4.69) is 6.08 Å². The first-order chi connectivity index (χ1) is 2.91. The third kappa shape index (κ3) is 10.8. The zero-order valence-corrected chi connectivity index (χ0v) is 6.93. The first kappa shape index (κ1) is 10.5. The van der Waals surface area contributed by atoms with E-state index in [1.165, 1.54) is 6.08 Å². The first-order valence-electron chi connectivity index (χ1n) is 1.72. The van der Waals surface area contributed by atoms with E-state index in [-0.39, 0.29) is 32.7 Å². The van der Waals surface area contributed by atoms with Crippen LogP contribution in [0.2, 0.25) is 0 Å². The van der Waals surface area contributed by atoms with Gasteiger partial charge in [0, 0.05) is 32.7 Å². The average Bonchev–Trinajstić information content (AvgIpc) is 1.61. The van der Waals surface area contributed by atoms with Crippen molar-refractivity contribution in [2.24, 2.45) is 5.73 Å². The number of allylic oxidation sites excluding steroid dienone is 2. The van der Waals surface area contributed by atoms with Crippen LogP contribution in [0.15, 0.2) is 12.2 Å². The van der Waals surface area contributed by atoms with E-state index in [1.807, 2.05) is 0 Å². The Kier molecular flexibility index (Phi) is 14.6. The van der Waals surface area contributed by atoms with Gasteiger partial charge in [-0.05, 0) is 0 Å². The molecule has 0 spiro atoms. The van der Waals surface area contributed by atoms with Crippen LogP contribution in [0.25, 0.3) is 0 Å². The molecule has 0 fully saturated rings. The fraction of sp³-hybridized carbons (Fsp3) is 0.200. The minimum Gasteiger partial charge on any atom is -0.394 e. The number of rotatable bonds is 2. The fourth-order valence-electron chi connectivity index (χ4n) is 0.136.